The number of carboxylic acids is 1. The van der Waals surface area contributed by atoms with Crippen LogP contribution in [0.1, 0.15) is 19.8 Å². The average Bonchev–Trinajstić information content (AvgIpc) is 1.82. The third kappa shape index (κ3) is 52.8. The minimum atomic E-state index is -1.08. The Bertz CT molecular complexity index is 64.1. The topological polar surface area (TPSA) is 80.6 Å². The van der Waals surface area contributed by atoms with Gasteiger partial charge in [-0.15, -0.1) is 0 Å². The predicted molar refractivity (Wildman–Crippen MR) is 34.1 cm³/mol. The summed E-state index contributed by atoms with van der Waals surface area (Å²) in [5.41, 5.74) is 0. The van der Waals surface area contributed by atoms with Crippen LogP contribution in [0.2, 0.25) is 0 Å². The zero-order valence-corrected chi connectivity index (χ0v) is 6.04. The molecule has 0 bridgehead atoms. The highest BCUT2D eigenvalue weighted by molar-refractivity contribution is 5.60. The van der Waals surface area contributed by atoms with Crippen LogP contribution in [-0.4, -0.2) is 29.4 Å². The molecule has 0 aromatic heterocycles. The van der Waals surface area contributed by atoms with Crippen LogP contribution >= 0.6 is 0 Å². The van der Waals surface area contributed by atoms with Gasteiger partial charge in [-0.25, -0.2) is 0 Å². The number of rotatable bonds is 3. The summed E-state index contributed by atoms with van der Waals surface area (Å²) in [7, 11) is 0. The molecule has 2 N–H and O–H groups in total. The average molecular weight is 149 g/mol. The molecule has 0 aromatic rings. The lowest BCUT2D eigenvalue weighted by Crippen LogP contribution is -2.16. The molecule has 0 aliphatic heterocycles. The van der Waals surface area contributed by atoms with Crippen LogP contribution in [0.25, 0.3) is 0 Å². The molecule has 62 valence electrons. The van der Waals surface area contributed by atoms with Gasteiger partial charge in [0.25, 0.3) is 0 Å². The molecule has 0 atom stereocenters. The zero-order chi connectivity index (χ0) is 8.41. The Labute approximate surface area is 60.1 Å². The molecule has 0 heterocycles. The first-order chi connectivity index (χ1) is 4.65. The fourth-order valence-corrected chi connectivity index (χ4v) is 0.224. The van der Waals surface area contributed by atoms with E-state index in [1.165, 1.54) is 0 Å². The van der Waals surface area contributed by atoms with Gasteiger partial charge >= 0.3 is 0 Å². The normalized spacial score (nSPS) is 7.90. The molecule has 0 spiro atoms. The highest BCUT2D eigenvalue weighted by Crippen LogP contribution is 1.80. The molecule has 4 heteroatoms. The van der Waals surface area contributed by atoms with Gasteiger partial charge in [0.05, 0.1) is 0 Å². The highest BCUT2D eigenvalue weighted by Gasteiger charge is 1.77. The smallest absolute Gasteiger partial charge is 0.0431 e. The van der Waals surface area contributed by atoms with Crippen molar-refractivity contribution in [2.24, 2.45) is 0 Å². The van der Waals surface area contributed by atoms with Gasteiger partial charge in [0, 0.05) is 19.2 Å². The Balaban J connectivity index is 0. The highest BCUT2D eigenvalue weighted by atomic mass is 16.4. The summed E-state index contributed by atoms with van der Waals surface area (Å²) >= 11 is 0. The fraction of sp³-hybridized carbons (Fsp3) is 0.833. The third-order valence-corrected chi connectivity index (χ3v) is 0.566. The van der Waals surface area contributed by atoms with Gasteiger partial charge in [0.1, 0.15) is 0 Å². The Hall–Kier alpha value is -0.610. The van der Waals surface area contributed by atoms with Crippen molar-refractivity contribution in [3.05, 3.63) is 0 Å². The van der Waals surface area contributed by atoms with Crippen molar-refractivity contribution in [1.29, 1.82) is 0 Å². The third-order valence-electron chi connectivity index (χ3n) is 0.566. The van der Waals surface area contributed by atoms with Crippen LogP contribution in [0, 0.1) is 0 Å². The number of unbranched alkanes of at least 4 members (excludes halogenated alkanes) is 1. The van der Waals surface area contributed by atoms with E-state index in [1.54, 1.807) is 0 Å². The van der Waals surface area contributed by atoms with Gasteiger partial charge in [-0.2, -0.15) is 0 Å². The van der Waals surface area contributed by atoms with E-state index < -0.39 is 5.97 Å². The maximum absolute atomic E-state index is 8.89. The van der Waals surface area contributed by atoms with Gasteiger partial charge in [0.15, 0.2) is 0 Å². The lowest BCUT2D eigenvalue weighted by Gasteiger charge is -1.85. The van der Waals surface area contributed by atoms with Crippen LogP contribution in [0.5, 0.6) is 0 Å². The Morgan fingerprint density at radius 3 is 1.60 bits per heavy atom. The number of aliphatic hydroxyl groups is 2. The van der Waals surface area contributed by atoms with E-state index in [9.17, 15) is 0 Å². The minimum Gasteiger partial charge on any atom is -0.550 e. The molecule has 0 rings (SSSR count). The maximum atomic E-state index is 8.89. The van der Waals surface area contributed by atoms with E-state index in [4.69, 9.17) is 20.1 Å². The van der Waals surface area contributed by atoms with Crippen molar-refractivity contribution in [2.75, 3.05) is 13.2 Å². The summed E-state index contributed by atoms with van der Waals surface area (Å²) in [6.07, 6.45) is 1.44. The molecule has 0 radical (unpaired) electrons. The van der Waals surface area contributed by atoms with E-state index in [1.807, 2.05) is 0 Å². The van der Waals surface area contributed by atoms with Crippen molar-refractivity contribution in [1.82, 2.24) is 0 Å². The van der Waals surface area contributed by atoms with Crippen LogP contribution in [0.4, 0.5) is 0 Å². The molecule has 0 amide bonds. The second-order valence-electron chi connectivity index (χ2n) is 1.65. The van der Waals surface area contributed by atoms with Crippen molar-refractivity contribution >= 4 is 5.97 Å². The Morgan fingerprint density at radius 2 is 1.50 bits per heavy atom. The molecular formula is C6H13O4-. The Kier molecular flexibility index (Phi) is 13.6. The molecule has 0 saturated carbocycles. The van der Waals surface area contributed by atoms with Gasteiger partial charge < -0.3 is 20.1 Å². The zero-order valence-electron chi connectivity index (χ0n) is 6.04. The lowest BCUT2D eigenvalue weighted by molar-refractivity contribution is -0.302. The van der Waals surface area contributed by atoms with Gasteiger partial charge in [-0.05, 0) is 19.8 Å². The summed E-state index contributed by atoms with van der Waals surface area (Å²) in [5, 5.41) is 25.1. The first kappa shape index (κ1) is 12.1. The molecule has 0 unspecified atom stereocenters. The number of carboxylic acid groups (broad SMARTS) is 1. The monoisotopic (exact) mass is 149 g/mol. The summed E-state index contributed by atoms with van der Waals surface area (Å²) in [4.78, 5) is 8.89. The maximum Gasteiger partial charge on any atom is 0.0431 e. The molecule has 0 aliphatic rings. The van der Waals surface area contributed by atoms with Gasteiger partial charge in [-0.1, -0.05) is 0 Å². The summed E-state index contributed by atoms with van der Waals surface area (Å²) in [5.74, 6) is -1.08. The molecule has 4 nitrogen and oxygen atoms in total. The number of hydrogen-bond acceptors (Lipinski definition) is 4. The van der Waals surface area contributed by atoms with Gasteiger partial charge in [0.2, 0.25) is 0 Å². The number of hydrogen-bond donors (Lipinski definition) is 2. The standard InChI is InChI=1S/C4H10O2.C2H4O2/c5-3-1-2-4-6;1-2(3)4/h5-6H,1-4H2;1H3,(H,3,4)/p-1. The van der Waals surface area contributed by atoms with Crippen molar-refractivity contribution in [2.45, 2.75) is 19.8 Å². The Morgan fingerprint density at radius 1 is 1.30 bits per heavy atom. The molecular weight excluding hydrogens is 136 g/mol. The molecule has 0 fully saturated rings. The number of carbonyl (C=O) groups excluding carboxylic acids is 1. The fourth-order valence-electron chi connectivity index (χ4n) is 0.224. The SMILES string of the molecule is CC(=O)[O-].OCCCCO. The summed E-state index contributed by atoms with van der Waals surface area (Å²) < 4.78 is 0. The minimum absolute atomic E-state index is 0.195. The second-order valence-corrected chi connectivity index (χ2v) is 1.65. The van der Waals surface area contributed by atoms with E-state index in [2.05, 4.69) is 0 Å². The quantitative estimate of drug-likeness (QED) is 0.479. The van der Waals surface area contributed by atoms with Crippen LogP contribution in [0.15, 0.2) is 0 Å². The molecule has 10 heavy (non-hydrogen) atoms. The number of carbonyl (C=O) groups is 1. The van der Waals surface area contributed by atoms with E-state index in [-0.39, 0.29) is 13.2 Å². The number of aliphatic hydroxyl groups excluding tert-OH is 2. The van der Waals surface area contributed by atoms with Crippen LogP contribution < -0.4 is 5.11 Å². The largest absolute Gasteiger partial charge is 0.550 e. The van der Waals surface area contributed by atoms with E-state index in [0.29, 0.717) is 0 Å². The molecule has 0 saturated heterocycles. The van der Waals surface area contributed by atoms with Gasteiger partial charge in [-0.3, -0.25) is 0 Å². The van der Waals surface area contributed by atoms with Crippen molar-refractivity contribution in [3.63, 3.8) is 0 Å². The second kappa shape index (κ2) is 11.2. The van der Waals surface area contributed by atoms with Crippen molar-refractivity contribution in [3.8, 4) is 0 Å². The molecule has 0 aromatic carbocycles. The van der Waals surface area contributed by atoms with E-state index in [0.717, 1.165) is 19.8 Å². The first-order valence-electron chi connectivity index (χ1n) is 3.04. The molecule has 0 aliphatic carbocycles. The predicted octanol–water partition coefficient (Wildman–Crippen LogP) is -1.49. The lowest BCUT2D eigenvalue weighted by atomic mass is 10.3. The number of aliphatic carboxylic acids is 1. The first-order valence-corrected chi connectivity index (χ1v) is 3.04. The summed E-state index contributed by atoms with van der Waals surface area (Å²) in [6.45, 7) is 1.36. The van der Waals surface area contributed by atoms with Crippen LogP contribution in [-0.2, 0) is 4.79 Å². The van der Waals surface area contributed by atoms with Crippen LogP contribution in [0.3, 0.4) is 0 Å². The summed E-state index contributed by atoms with van der Waals surface area (Å²) in [6, 6.07) is 0. The van der Waals surface area contributed by atoms with Crippen molar-refractivity contribution < 1.29 is 20.1 Å². The van der Waals surface area contributed by atoms with E-state index >= 15 is 0 Å².